The summed E-state index contributed by atoms with van der Waals surface area (Å²) in [6, 6.07) is 0.371. The van der Waals surface area contributed by atoms with E-state index in [0.717, 1.165) is 18.7 Å². The molecule has 3 atom stereocenters. The second-order valence-electron chi connectivity index (χ2n) is 4.38. The van der Waals surface area contributed by atoms with Gasteiger partial charge in [-0.05, 0) is 19.4 Å². The number of thioether (sulfide) groups is 1. The smallest absolute Gasteiger partial charge is 0.0728 e. The Labute approximate surface area is 92.1 Å². The molecule has 3 heteroatoms. The molecule has 0 aromatic heterocycles. The average Bonchev–Trinajstić information content (AvgIpc) is 2.18. The minimum Gasteiger partial charge on any atom is -0.391 e. The largest absolute Gasteiger partial charge is 0.391 e. The van der Waals surface area contributed by atoms with Crippen molar-refractivity contribution < 1.29 is 5.11 Å². The lowest BCUT2D eigenvalue weighted by molar-refractivity contribution is 0.0331. The number of hydrogen-bond donors (Lipinski definition) is 1. The van der Waals surface area contributed by atoms with Crippen LogP contribution in [0.15, 0.2) is 0 Å². The molecule has 1 N–H and O–H groups in total. The number of hydrogen-bond acceptors (Lipinski definition) is 3. The van der Waals surface area contributed by atoms with Gasteiger partial charge in [0.05, 0.1) is 6.10 Å². The second kappa shape index (κ2) is 5.99. The van der Waals surface area contributed by atoms with Crippen LogP contribution in [0.25, 0.3) is 0 Å². The van der Waals surface area contributed by atoms with Crippen molar-refractivity contribution in [2.45, 2.75) is 38.8 Å². The molecule has 0 amide bonds. The van der Waals surface area contributed by atoms with Crippen molar-refractivity contribution in [3.05, 3.63) is 0 Å². The quantitative estimate of drug-likeness (QED) is 0.777. The van der Waals surface area contributed by atoms with Crippen LogP contribution in [-0.4, -0.2) is 47.3 Å². The summed E-state index contributed by atoms with van der Waals surface area (Å²) in [5.74, 6) is 2.74. The minimum atomic E-state index is -0.146. The van der Waals surface area contributed by atoms with Crippen molar-refractivity contribution in [2.75, 3.05) is 25.1 Å². The van der Waals surface area contributed by atoms with Crippen LogP contribution in [0.4, 0.5) is 0 Å². The summed E-state index contributed by atoms with van der Waals surface area (Å²) in [7, 11) is 2.13. The fraction of sp³-hybridized carbons (Fsp3) is 1.00. The van der Waals surface area contributed by atoms with Gasteiger partial charge in [0.25, 0.3) is 0 Å². The van der Waals surface area contributed by atoms with Gasteiger partial charge in [0.2, 0.25) is 0 Å². The van der Waals surface area contributed by atoms with Gasteiger partial charge >= 0.3 is 0 Å². The maximum absolute atomic E-state index is 10.2. The zero-order chi connectivity index (χ0) is 10.6. The van der Waals surface area contributed by atoms with E-state index in [9.17, 15) is 5.11 Å². The number of aliphatic hydroxyl groups excluding tert-OH is 1. The van der Waals surface area contributed by atoms with Crippen molar-refractivity contribution in [3.8, 4) is 0 Å². The Kier molecular flexibility index (Phi) is 5.28. The fourth-order valence-corrected chi connectivity index (χ4v) is 3.35. The van der Waals surface area contributed by atoms with Crippen molar-refractivity contribution >= 4 is 11.8 Å². The van der Waals surface area contributed by atoms with Crippen molar-refractivity contribution in [2.24, 2.45) is 5.92 Å². The normalized spacial score (nSPS) is 28.7. The maximum atomic E-state index is 10.2. The van der Waals surface area contributed by atoms with Gasteiger partial charge in [0.15, 0.2) is 0 Å². The molecule has 0 aromatic carbocycles. The summed E-state index contributed by atoms with van der Waals surface area (Å²) in [5, 5.41) is 10.2. The molecule has 0 spiro atoms. The predicted molar refractivity (Wildman–Crippen MR) is 63.8 cm³/mol. The highest BCUT2D eigenvalue weighted by atomic mass is 32.2. The first-order valence-corrected chi connectivity index (χ1v) is 6.78. The first kappa shape index (κ1) is 12.3. The van der Waals surface area contributed by atoms with Crippen LogP contribution in [-0.2, 0) is 0 Å². The Hall–Kier alpha value is 0.270. The standard InChI is InChI=1S/C11H23NOS/c1-4-5-9(2)11(13)10-8-14-7-6-12(10)3/h9-11,13H,4-8H2,1-3H3. The van der Waals surface area contributed by atoms with Crippen LogP contribution in [0, 0.1) is 5.92 Å². The molecule has 0 bridgehead atoms. The van der Waals surface area contributed by atoms with E-state index in [0.29, 0.717) is 12.0 Å². The summed E-state index contributed by atoms with van der Waals surface area (Å²) in [6.07, 6.45) is 2.16. The van der Waals surface area contributed by atoms with E-state index < -0.39 is 0 Å². The molecule has 84 valence electrons. The lowest BCUT2D eigenvalue weighted by atomic mass is 9.94. The van der Waals surface area contributed by atoms with Gasteiger partial charge < -0.3 is 5.11 Å². The van der Waals surface area contributed by atoms with Crippen LogP contribution >= 0.6 is 11.8 Å². The highest BCUT2D eigenvalue weighted by molar-refractivity contribution is 7.99. The van der Waals surface area contributed by atoms with Gasteiger partial charge in [-0.3, -0.25) is 4.90 Å². The molecule has 1 aliphatic rings. The third-order valence-corrected chi connectivity index (χ3v) is 4.21. The van der Waals surface area contributed by atoms with E-state index in [1.807, 2.05) is 11.8 Å². The molecule has 14 heavy (non-hydrogen) atoms. The van der Waals surface area contributed by atoms with Crippen LogP contribution in [0.2, 0.25) is 0 Å². The Bertz CT molecular complexity index is 165. The third kappa shape index (κ3) is 3.14. The van der Waals surface area contributed by atoms with E-state index in [1.165, 1.54) is 12.2 Å². The summed E-state index contributed by atoms with van der Waals surface area (Å²) in [6.45, 7) is 5.47. The highest BCUT2D eigenvalue weighted by Crippen LogP contribution is 2.23. The fourth-order valence-electron chi connectivity index (χ4n) is 2.07. The van der Waals surface area contributed by atoms with Gasteiger partial charge in [-0.1, -0.05) is 20.3 Å². The zero-order valence-corrected chi connectivity index (χ0v) is 10.4. The van der Waals surface area contributed by atoms with Crippen LogP contribution in [0.3, 0.4) is 0 Å². The topological polar surface area (TPSA) is 23.5 Å². The lowest BCUT2D eigenvalue weighted by Crippen LogP contribution is -2.49. The Morgan fingerprint density at radius 3 is 2.86 bits per heavy atom. The summed E-state index contributed by atoms with van der Waals surface area (Å²) in [4.78, 5) is 2.31. The van der Waals surface area contributed by atoms with Crippen molar-refractivity contribution in [3.63, 3.8) is 0 Å². The molecule has 0 aliphatic carbocycles. The predicted octanol–water partition coefficient (Wildman–Crippen LogP) is 1.83. The average molecular weight is 217 g/mol. The molecular formula is C11H23NOS. The van der Waals surface area contributed by atoms with E-state index in [1.54, 1.807) is 0 Å². The summed E-state index contributed by atoms with van der Waals surface area (Å²) in [5.41, 5.74) is 0. The van der Waals surface area contributed by atoms with Gasteiger partial charge in [0.1, 0.15) is 0 Å². The summed E-state index contributed by atoms with van der Waals surface area (Å²) < 4.78 is 0. The Morgan fingerprint density at radius 2 is 2.29 bits per heavy atom. The van der Waals surface area contributed by atoms with E-state index in [2.05, 4.69) is 25.8 Å². The molecule has 1 rings (SSSR count). The molecule has 1 aliphatic heterocycles. The maximum Gasteiger partial charge on any atom is 0.0728 e. The van der Waals surface area contributed by atoms with Crippen LogP contribution in [0.5, 0.6) is 0 Å². The first-order valence-electron chi connectivity index (χ1n) is 5.62. The molecule has 0 radical (unpaired) electrons. The minimum absolute atomic E-state index is 0.146. The molecule has 0 saturated carbocycles. The molecule has 3 unspecified atom stereocenters. The molecule has 0 aromatic rings. The second-order valence-corrected chi connectivity index (χ2v) is 5.53. The molecule has 2 nitrogen and oxygen atoms in total. The number of rotatable bonds is 4. The SMILES string of the molecule is CCCC(C)C(O)C1CSCCN1C. The molecule has 1 saturated heterocycles. The lowest BCUT2D eigenvalue weighted by Gasteiger charge is -2.37. The number of aliphatic hydroxyl groups is 1. The van der Waals surface area contributed by atoms with E-state index in [-0.39, 0.29) is 6.10 Å². The van der Waals surface area contributed by atoms with Gasteiger partial charge in [-0.15, -0.1) is 0 Å². The van der Waals surface area contributed by atoms with Gasteiger partial charge in [0, 0.05) is 24.1 Å². The van der Waals surface area contributed by atoms with Crippen LogP contribution in [0.1, 0.15) is 26.7 Å². The third-order valence-electron chi connectivity index (χ3n) is 3.16. The van der Waals surface area contributed by atoms with E-state index >= 15 is 0 Å². The Morgan fingerprint density at radius 1 is 1.57 bits per heavy atom. The van der Waals surface area contributed by atoms with Gasteiger partial charge in [-0.25, -0.2) is 0 Å². The Balaban J connectivity index is 2.44. The first-order chi connectivity index (χ1) is 6.66. The zero-order valence-electron chi connectivity index (χ0n) is 9.57. The number of nitrogens with zero attached hydrogens (tertiary/aromatic N) is 1. The molecule has 1 heterocycles. The van der Waals surface area contributed by atoms with Gasteiger partial charge in [-0.2, -0.15) is 11.8 Å². The molecular weight excluding hydrogens is 194 g/mol. The highest BCUT2D eigenvalue weighted by Gasteiger charge is 2.29. The monoisotopic (exact) mass is 217 g/mol. The van der Waals surface area contributed by atoms with Crippen LogP contribution < -0.4 is 0 Å². The molecule has 1 fully saturated rings. The number of likely N-dealkylation sites (N-methyl/N-ethyl adjacent to an activating group) is 1. The van der Waals surface area contributed by atoms with Crippen molar-refractivity contribution in [1.29, 1.82) is 0 Å². The van der Waals surface area contributed by atoms with Crippen molar-refractivity contribution in [1.82, 2.24) is 4.90 Å². The van der Waals surface area contributed by atoms with E-state index in [4.69, 9.17) is 0 Å². The summed E-state index contributed by atoms with van der Waals surface area (Å²) >= 11 is 1.97.